The van der Waals surface area contributed by atoms with Crippen molar-refractivity contribution < 1.29 is 19.1 Å². The van der Waals surface area contributed by atoms with E-state index in [0.717, 1.165) is 0 Å². The molecular formula is C20H29FN2O3. The lowest BCUT2D eigenvalue weighted by Crippen LogP contribution is -2.53. The molecule has 0 aromatic heterocycles. The second-order valence-corrected chi connectivity index (χ2v) is 7.96. The Kier molecular flexibility index (Phi) is 6.53. The van der Waals surface area contributed by atoms with E-state index in [0.29, 0.717) is 12.0 Å². The van der Waals surface area contributed by atoms with Crippen molar-refractivity contribution >= 4 is 11.7 Å². The van der Waals surface area contributed by atoms with Gasteiger partial charge in [0, 0.05) is 0 Å². The molecule has 1 aliphatic rings. The first-order valence-electron chi connectivity index (χ1n) is 9.16. The maximum Gasteiger partial charge on any atom is 0.237 e. The van der Waals surface area contributed by atoms with E-state index >= 15 is 0 Å². The highest BCUT2D eigenvalue weighted by molar-refractivity contribution is 6.05. The molecule has 0 spiro atoms. The number of amides is 1. The zero-order chi connectivity index (χ0) is 19.6. The second kappa shape index (κ2) is 8.27. The third-order valence-electron chi connectivity index (χ3n) is 4.94. The highest BCUT2D eigenvalue weighted by Gasteiger charge is 2.56. The maximum absolute atomic E-state index is 13.1. The Morgan fingerprint density at radius 1 is 1.23 bits per heavy atom. The Hall–Kier alpha value is -1.79. The van der Waals surface area contributed by atoms with Gasteiger partial charge in [0.2, 0.25) is 5.91 Å². The highest BCUT2D eigenvalue weighted by Crippen LogP contribution is 2.46. The number of rotatable bonds is 8. The molecule has 1 fully saturated rings. The van der Waals surface area contributed by atoms with Crippen molar-refractivity contribution in [3.05, 3.63) is 35.6 Å². The topological polar surface area (TPSA) is 92.4 Å². The molecule has 2 unspecified atom stereocenters. The van der Waals surface area contributed by atoms with Crippen LogP contribution >= 0.6 is 0 Å². The van der Waals surface area contributed by atoms with E-state index in [4.69, 9.17) is 5.73 Å². The summed E-state index contributed by atoms with van der Waals surface area (Å²) >= 11 is 0. The molecular weight excluding hydrogens is 335 g/mol. The normalized spacial score (nSPS) is 23.0. The summed E-state index contributed by atoms with van der Waals surface area (Å²) in [6.07, 6.45) is -0.458. The maximum atomic E-state index is 13.1. The van der Waals surface area contributed by atoms with Crippen LogP contribution in [0.4, 0.5) is 4.39 Å². The van der Waals surface area contributed by atoms with Gasteiger partial charge in [0.15, 0.2) is 0 Å². The Morgan fingerprint density at radius 3 is 2.31 bits per heavy atom. The SMILES string of the molecule is CC(C)C[C@H](N)C(=O)N[C@@H](C(C)C)[C@H](O)C1C(=O)C1c1ccc(F)cc1. The van der Waals surface area contributed by atoms with Gasteiger partial charge in [-0.15, -0.1) is 0 Å². The van der Waals surface area contributed by atoms with Gasteiger partial charge in [0.1, 0.15) is 11.6 Å². The number of halogens is 1. The molecule has 5 nitrogen and oxygen atoms in total. The highest BCUT2D eigenvalue weighted by atomic mass is 19.1. The molecule has 1 saturated carbocycles. The fraction of sp³-hybridized carbons (Fsp3) is 0.600. The van der Waals surface area contributed by atoms with Gasteiger partial charge in [-0.1, -0.05) is 39.8 Å². The van der Waals surface area contributed by atoms with Crippen molar-refractivity contribution in [2.45, 2.75) is 58.2 Å². The van der Waals surface area contributed by atoms with Crippen molar-refractivity contribution in [3.63, 3.8) is 0 Å². The lowest BCUT2D eigenvalue weighted by Gasteiger charge is -2.29. The summed E-state index contributed by atoms with van der Waals surface area (Å²) in [6.45, 7) is 7.72. The van der Waals surface area contributed by atoms with Crippen LogP contribution in [-0.4, -0.2) is 35.0 Å². The van der Waals surface area contributed by atoms with E-state index in [1.165, 1.54) is 12.1 Å². The molecule has 4 N–H and O–H groups in total. The van der Waals surface area contributed by atoms with E-state index in [2.05, 4.69) is 5.32 Å². The first-order chi connectivity index (χ1) is 12.1. The van der Waals surface area contributed by atoms with Gasteiger partial charge in [-0.25, -0.2) is 4.39 Å². The molecule has 0 saturated heterocycles. The van der Waals surface area contributed by atoms with E-state index in [1.807, 2.05) is 27.7 Å². The summed E-state index contributed by atoms with van der Waals surface area (Å²) < 4.78 is 13.1. The van der Waals surface area contributed by atoms with Crippen LogP contribution in [0.15, 0.2) is 24.3 Å². The average Bonchev–Trinajstić information content (AvgIpc) is 3.22. The molecule has 1 amide bonds. The Labute approximate surface area is 154 Å². The first-order valence-corrected chi connectivity index (χ1v) is 9.16. The zero-order valence-corrected chi connectivity index (χ0v) is 15.8. The van der Waals surface area contributed by atoms with E-state index in [-0.39, 0.29) is 29.3 Å². The number of carbonyl (C=O) groups excluding carboxylic acids is 2. The van der Waals surface area contributed by atoms with Crippen molar-refractivity contribution in [3.8, 4) is 0 Å². The third-order valence-corrected chi connectivity index (χ3v) is 4.94. The average molecular weight is 364 g/mol. The lowest BCUT2D eigenvalue weighted by molar-refractivity contribution is -0.125. The number of nitrogens with one attached hydrogen (secondary N) is 1. The molecule has 144 valence electrons. The zero-order valence-electron chi connectivity index (χ0n) is 15.8. The van der Waals surface area contributed by atoms with E-state index in [9.17, 15) is 19.1 Å². The van der Waals surface area contributed by atoms with E-state index < -0.39 is 30.0 Å². The molecule has 0 bridgehead atoms. The van der Waals surface area contributed by atoms with Crippen molar-refractivity contribution in [2.75, 3.05) is 0 Å². The summed E-state index contributed by atoms with van der Waals surface area (Å²) in [5, 5.41) is 13.6. The van der Waals surface area contributed by atoms with Crippen LogP contribution in [-0.2, 0) is 9.59 Å². The quantitative estimate of drug-likeness (QED) is 0.658. The number of aliphatic hydroxyl groups excluding tert-OH is 1. The molecule has 1 aliphatic carbocycles. The van der Waals surface area contributed by atoms with Gasteiger partial charge in [-0.2, -0.15) is 0 Å². The van der Waals surface area contributed by atoms with Gasteiger partial charge in [0.25, 0.3) is 0 Å². The van der Waals surface area contributed by atoms with Crippen molar-refractivity contribution in [1.29, 1.82) is 0 Å². The van der Waals surface area contributed by atoms with Crippen molar-refractivity contribution in [1.82, 2.24) is 5.32 Å². The van der Waals surface area contributed by atoms with Crippen LogP contribution < -0.4 is 11.1 Å². The minimum atomic E-state index is -1.01. The van der Waals surface area contributed by atoms with Gasteiger partial charge in [-0.3, -0.25) is 9.59 Å². The fourth-order valence-electron chi connectivity index (χ4n) is 3.42. The molecule has 0 aliphatic heterocycles. The molecule has 0 radical (unpaired) electrons. The standard InChI is InChI=1S/C20H29FN2O3/c1-10(2)9-14(22)20(26)23-17(11(3)4)19(25)16-15(18(16)24)12-5-7-13(21)8-6-12/h5-8,10-11,14-17,19,25H,9,22H2,1-4H3,(H,23,26)/t14-,15?,16?,17-,19+/m0/s1. The van der Waals surface area contributed by atoms with Crippen LogP contribution in [0, 0.1) is 23.6 Å². The van der Waals surface area contributed by atoms with Gasteiger partial charge in [0.05, 0.1) is 30.0 Å². The van der Waals surface area contributed by atoms with Crippen LogP contribution in [0.5, 0.6) is 0 Å². The third kappa shape index (κ3) is 4.68. The predicted octanol–water partition coefficient (Wildman–Crippen LogP) is 1.98. The molecule has 2 rings (SSSR count). The monoisotopic (exact) mass is 364 g/mol. The number of carbonyl (C=O) groups is 2. The van der Waals surface area contributed by atoms with Crippen LogP contribution in [0.3, 0.4) is 0 Å². The minimum absolute atomic E-state index is 0.0672. The molecule has 6 heteroatoms. The second-order valence-electron chi connectivity index (χ2n) is 7.96. The molecule has 1 aromatic carbocycles. The summed E-state index contributed by atoms with van der Waals surface area (Å²) in [4.78, 5) is 24.6. The van der Waals surface area contributed by atoms with Crippen LogP contribution in [0.2, 0.25) is 0 Å². The Bertz CT molecular complexity index is 645. The van der Waals surface area contributed by atoms with E-state index in [1.54, 1.807) is 12.1 Å². The first kappa shape index (κ1) is 20.5. The number of aliphatic hydroxyl groups is 1. The molecule has 0 heterocycles. The molecule has 5 atom stereocenters. The number of ketones is 1. The largest absolute Gasteiger partial charge is 0.390 e. The molecule has 1 aromatic rings. The smallest absolute Gasteiger partial charge is 0.237 e. The van der Waals surface area contributed by atoms with Gasteiger partial charge in [-0.05, 0) is 36.0 Å². The summed E-state index contributed by atoms with van der Waals surface area (Å²) in [5.41, 5.74) is 6.61. The number of benzene rings is 1. The Balaban J connectivity index is 2.06. The summed E-state index contributed by atoms with van der Waals surface area (Å²) in [5.74, 6) is -1.60. The van der Waals surface area contributed by atoms with Crippen LogP contribution in [0.1, 0.15) is 45.6 Å². The van der Waals surface area contributed by atoms with Crippen molar-refractivity contribution in [2.24, 2.45) is 23.5 Å². The van der Waals surface area contributed by atoms with Gasteiger partial charge >= 0.3 is 0 Å². The fourth-order valence-corrected chi connectivity index (χ4v) is 3.42. The number of nitrogens with two attached hydrogens (primary N) is 1. The Morgan fingerprint density at radius 2 is 1.81 bits per heavy atom. The predicted molar refractivity (Wildman–Crippen MR) is 97.8 cm³/mol. The summed E-state index contributed by atoms with van der Waals surface area (Å²) in [7, 11) is 0. The molecule has 26 heavy (non-hydrogen) atoms. The number of hydrogen-bond donors (Lipinski definition) is 3. The van der Waals surface area contributed by atoms with Crippen LogP contribution in [0.25, 0.3) is 0 Å². The minimum Gasteiger partial charge on any atom is -0.390 e. The summed E-state index contributed by atoms with van der Waals surface area (Å²) in [6, 6.07) is 4.51. The lowest BCUT2D eigenvalue weighted by atomic mass is 9.92. The number of hydrogen-bond acceptors (Lipinski definition) is 4. The van der Waals surface area contributed by atoms with Gasteiger partial charge < -0.3 is 16.2 Å². The number of Topliss-reactive ketones (excluding diaryl/α,β-unsaturated/α-hetero) is 1.